The third kappa shape index (κ3) is 8.04. The molecular formula is C22H28N4O3. The normalized spacial score (nSPS) is 10.3. The van der Waals surface area contributed by atoms with E-state index in [2.05, 4.69) is 21.3 Å². The highest BCUT2D eigenvalue weighted by Crippen LogP contribution is 2.16. The molecule has 0 fully saturated rings. The molecule has 0 bridgehead atoms. The predicted molar refractivity (Wildman–Crippen MR) is 117 cm³/mol. The molecule has 0 radical (unpaired) electrons. The van der Waals surface area contributed by atoms with E-state index in [-0.39, 0.29) is 24.3 Å². The molecule has 0 saturated carbocycles. The van der Waals surface area contributed by atoms with Gasteiger partial charge in [-0.2, -0.15) is 0 Å². The van der Waals surface area contributed by atoms with Gasteiger partial charge >= 0.3 is 0 Å². The van der Waals surface area contributed by atoms with Crippen LogP contribution in [0.3, 0.4) is 0 Å². The summed E-state index contributed by atoms with van der Waals surface area (Å²) in [6.45, 7) is 5.85. The highest BCUT2D eigenvalue weighted by atomic mass is 16.2. The second kappa shape index (κ2) is 10.8. The van der Waals surface area contributed by atoms with Gasteiger partial charge in [0, 0.05) is 35.6 Å². The lowest BCUT2D eigenvalue weighted by Crippen LogP contribution is -2.21. The van der Waals surface area contributed by atoms with Crippen LogP contribution < -0.4 is 21.3 Å². The van der Waals surface area contributed by atoms with Gasteiger partial charge in [-0.15, -0.1) is 0 Å². The van der Waals surface area contributed by atoms with Gasteiger partial charge in [0.25, 0.3) is 0 Å². The molecular weight excluding hydrogens is 368 g/mol. The summed E-state index contributed by atoms with van der Waals surface area (Å²) in [5, 5.41) is 11.4. The molecule has 154 valence electrons. The number of hydrogen-bond acceptors (Lipinski definition) is 4. The van der Waals surface area contributed by atoms with Crippen molar-refractivity contribution in [3.05, 3.63) is 48.5 Å². The van der Waals surface area contributed by atoms with E-state index in [1.165, 1.54) is 0 Å². The van der Waals surface area contributed by atoms with Crippen molar-refractivity contribution >= 4 is 40.5 Å². The minimum atomic E-state index is -0.204. The molecule has 29 heavy (non-hydrogen) atoms. The van der Waals surface area contributed by atoms with E-state index in [1.54, 1.807) is 49.4 Å². The smallest absolute Gasteiger partial charge is 0.243 e. The van der Waals surface area contributed by atoms with Crippen molar-refractivity contribution in [2.75, 3.05) is 27.8 Å². The van der Waals surface area contributed by atoms with E-state index in [1.807, 2.05) is 19.9 Å². The third-order valence-electron chi connectivity index (χ3n) is 3.97. The van der Waals surface area contributed by atoms with Gasteiger partial charge in [-0.3, -0.25) is 14.4 Å². The Morgan fingerprint density at radius 3 is 1.90 bits per heavy atom. The molecule has 0 atom stereocenters. The monoisotopic (exact) mass is 396 g/mol. The van der Waals surface area contributed by atoms with Crippen LogP contribution in [0.5, 0.6) is 0 Å². The summed E-state index contributed by atoms with van der Waals surface area (Å²) in [6, 6.07) is 14.2. The van der Waals surface area contributed by atoms with Crippen LogP contribution in [-0.2, 0) is 14.4 Å². The molecule has 0 aliphatic heterocycles. The summed E-state index contributed by atoms with van der Waals surface area (Å²) >= 11 is 0. The number of hydrogen-bond donors (Lipinski definition) is 4. The van der Waals surface area contributed by atoms with Crippen LogP contribution in [0, 0.1) is 5.92 Å². The summed E-state index contributed by atoms with van der Waals surface area (Å²) in [6.07, 6.45) is 0.869. The van der Waals surface area contributed by atoms with E-state index < -0.39 is 0 Å². The van der Waals surface area contributed by atoms with Crippen LogP contribution in [-0.4, -0.2) is 24.3 Å². The summed E-state index contributed by atoms with van der Waals surface area (Å²) < 4.78 is 0. The van der Waals surface area contributed by atoms with Crippen LogP contribution in [0.25, 0.3) is 0 Å². The number of anilines is 4. The average Bonchev–Trinajstić information content (AvgIpc) is 2.67. The first-order valence-corrected chi connectivity index (χ1v) is 9.69. The zero-order chi connectivity index (χ0) is 21.2. The Morgan fingerprint density at radius 2 is 1.31 bits per heavy atom. The quantitative estimate of drug-likeness (QED) is 0.513. The van der Waals surface area contributed by atoms with Gasteiger partial charge in [0.1, 0.15) is 0 Å². The largest absolute Gasteiger partial charge is 0.376 e. The number of benzene rings is 2. The van der Waals surface area contributed by atoms with Gasteiger partial charge < -0.3 is 21.3 Å². The van der Waals surface area contributed by atoms with Crippen LogP contribution >= 0.6 is 0 Å². The second-order valence-corrected chi connectivity index (χ2v) is 7.11. The number of rotatable bonds is 9. The molecule has 2 aromatic rings. The van der Waals surface area contributed by atoms with Gasteiger partial charge in [-0.1, -0.05) is 26.8 Å². The van der Waals surface area contributed by atoms with Crippen LogP contribution in [0.15, 0.2) is 48.5 Å². The van der Waals surface area contributed by atoms with E-state index in [9.17, 15) is 14.4 Å². The number of carbonyl (C=O) groups excluding carboxylic acids is 3. The van der Waals surface area contributed by atoms with E-state index in [0.717, 1.165) is 5.69 Å². The molecule has 4 N–H and O–H groups in total. The Bertz CT molecular complexity index is 847. The molecule has 0 aliphatic carbocycles. The molecule has 3 amide bonds. The number of amides is 3. The van der Waals surface area contributed by atoms with E-state index >= 15 is 0 Å². The molecule has 7 heteroatoms. The molecule has 7 nitrogen and oxygen atoms in total. The first kappa shape index (κ1) is 21.9. The highest BCUT2D eigenvalue weighted by molar-refractivity contribution is 5.95. The minimum Gasteiger partial charge on any atom is -0.376 e. The van der Waals surface area contributed by atoms with Gasteiger partial charge in [-0.05, 0) is 48.4 Å². The summed E-state index contributed by atoms with van der Waals surface area (Å²) in [7, 11) is 0. The van der Waals surface area contributed by atoms with Crippen molar-refractivity contribution in [1.82, 2.24) is 0 Å². The maximum absolute atomic E-state index is 12.2. The Balaban J connectivity index is 1.83. The van der Waals surface area contributed by atoms with Crippen molar-refractivity contribution < 1.29 is 14.4 Å². The van der Waals surface area contributed by atoms with E-state index in [4.69, 9.17) is 0 Å². The minimum absolute atomic E-state index is 0.0293. The number of carbonyl (C=O) groups is 3. The molecule has 0 heterocycles. The highest BCUT2D eigenvalue weighted by Gasteiger charge is 2.07. The van der Waals surface area contributed by atoms with Crippen LogP contribution in [0.4, 0.5) is 22.7 Å². The van der Waals surface area contributed by atoms with Crippen molar-refractivity contribution in [3.8, 4) is 0 Å². The lowest BCUT2D eigenvalue weighted by molar-refractivity contribution is -0.117. The van der Waals surface area contributed by atoms with Crippen molar-refractivity contribution in [1.29, 1.82) is 0 Å². The third-order valence-corrected chi connectivity index (χ3v) is 3.97. The van der Waals surface area contributed by atoms with Crippen LogP contribution in [0.2, 0.25) is 0 Å². The summed E-state index contributed by atoms with van der Waals surface area (Å²) in [4.78, 5) is 35.4. The molecule has 0 spiro atoms. The molecule has 0 saturated heterocycles. The molecule has 2 rings (SSSR count). The molecule has 0 unspecified atom stereocenters. The van der Waals surface area contributed by atoms with Crippen LogP contribution in [0.1, 0.15) is 33.6 Å². The fourth-order valence-corrected chi connectivity index (χ4v) is 2.56. The Hall–Kier alpha value is -3.35. The lowest BCUT2D eigenvalue weighted by atomic mass is 10.1. The maximum Gasteiger partial charge on any atom is 0.243 e. The maximum atomic E-state index is 12.2. The molecule has 2 aromatic carbocycles. The lowest BCUT2D eigenvalue weighted by Gasteiger charge is -2.11. The van der Waals surface area contributed by atoms with Crippen molar-refractivity contribution in [3.63, 3.8) is 0 Å². The Morgan fingerprint density at radius 1 is 0.759 bits per heavy atom. The van der Waals surface area contributed by atoms with Gasteiger partial charge in [0.15, 0.2) is 0 Å². The SMILES string of the molecule is CCC(=O)Nc1cccc(NCC(=O)Nc2ccc(NC(=O)CC(C)C)cc2)c1. The first-order chi connectivity index (χ1) is 13.9. The summed E-state index contributed by atoms with van der Waals surface area (Å²) in [5.74, 6) is -0.00339. The van der Waals surface area contributed by atoms with Gasteiger partial charge in [0.2, 0.25) is 17.7 Å². The molecule has 0 aliphatic rings. The Kier molecular flexibility index (Phi) is 8.21. The number of nitrogens with one attached hydrogen (secondary N) is 4. The van der Waals surface area contributed by atoms with Gasteiger partial charge in [-0.25, -0.2) is 0 Å². The fourth-order valence-electron chi connectivity index (χ4n) is 2.56. The first-order valence-electron chi connectivity index (χ1n) is 9.69. The topological polar surface area (TPSA) is 99.3 Å². The van der Waals surface area contributed by atoms with Crippen molar-refractivity contribution in [2.45, 2.75) is 33.6 Å². The Labute approximate surface area is 171 Å². The predicted octanol–water partition coefficient (Wildman–Crippen LogP) is 4.07. The standard InChI is InChI=1S/C22H28N4O3/c1-4-20(27)26-19-7-5-6-18(13-19)23-14-22(29)25-17-10-8-16(9-11-17)24-21(28)12-15(2)3/h5-11,13,15,23H,4,12,14H2,1-3H3,(H,24,28)(H,25,29)(H,26,27). The second-order valence-electron chi connectivity index (χ2n) is 7.11. The van der Waals surface area contributed by atoms with Crippen molar-refractivity contribution in [2.24, 2.45) is 5.92 Å². The summed E-state index contributed by atoms with van der Waals surface area (Å²) in [5.41, 5.74) is 2.75. The average molecular weight is 396 g/mol. The molecule has 0 aromatic heterocycles. The zero-order valence-electron chi connectivity index (χ0n) is 17.0. The van der Waals surface area contributed by atoms with E-state index in [0.29, 0.717) is 35.8 Å². The zero-order valence-corrected chi connectivity index (χ0v) is 17.0. The van der Waals surface area contributed by atoms with Gasteiger partial charge in [0.05, 0.1) is 6.54 Å². The fraction of sp³-hybridized carbons (Fsp3) is 0.318.